The van der Waals surface area contributed by atoms with Crippen LogP contribution in [0.15, 0.2) is 58.4 Å². The monoisotopic (exact) mass is 616 g/mol. The molecule has 0 spiro atoms. The highest BCUT2D eigenvalue weighted by molar-refractivity contribution is 9.10. The van der Waals surface area contributed by atoms with E-state index in [1.165, 1.54) is 43.6 Å². The zero-order chi connectivity index (χ0) is 27.1. The molecule has 194 valence electrons. The fourth-order valence-corrected chi connectivity index (χ4v) is 4.65. The van der Waals surface area contributed by atoms with Gasteiger partial charge in [0.2, 0.25) is 5.95 Å². The minimum Gasteiger partial charge on any atom is -0.374 e. The number of amides is 1. The van der Waals surface area contributed by atoms with Gasteiger partial charge in [-0.05, 0) is 71.2 Å². The Morgan fingerprint density at radius 3 is 2.32 bits per heavy atom. The van der Waals surface area contributed by atoms with Crippen molar-refractivity contribution >= 4 is 56.7 Å². The molecule has 2 heterocycles. The maximum Gasteiger partial charge on any atom is 0.435 e. The fraction of sp³-hybridized carbons (Fsp3) is 0.250. The number of nitrogens with zero attached hydrogens (tertiary/aromatic N) is 4. The van der Waals surface area contributed by atoms with Crippen LogP contribution in [0.2, 0.25) is 10.0 Å². The molecule has 13 heteroatoms. The molecule has 1 N–H and O–H groups in total. The second kappa shape index (κ2) is 10.2. The van der Waals surface area contributed by atoms with Crippen molar-refractivity contribution in [1.29, 1.82) is 0 Å². The molecule has 1 aliphatic rings. The van der Waals surface area contributed by atoms with Crippen LogP contribution in [-0.2, 0) is 10.4 Å². The number of benzene rings is 2. The zero-order valence-electron chi connectivity index (χ0n) is 19.2. The summed E-state index contributed by atoms with van der Waals surface area (Å²) in [6.45, 7) is 3.00. The van der Waals surface area contributed by atoms with E-state index in [4.69, 9.17) is 28.0 Å². The van der Waals surface area contributed by atoms with Gasteiger partial charge in [-0.25, -0.2) is 14.9 Å². The average molecular weight is 618 g/mol. The van der Waals surface area contributed by atoms with Crippen LogP contribution in [0.4, 0.5) is 19.1 Å². The number of rotatable bonds is 5. The highest BCUT2D eigenvalue weighted by Gasteiger charge is 2.62. The number of anilines is 1. The summed E-state index contributed by atoms with van der Waals surface area (Å²) in [6.07, 6.45) is -3.86. The van der Waals surface area contributed by atoms with E-state index in [0.717, 1.165) is 17.0 Å². The number of hydrogen-bond acceptors (Lipinski definition) is 6. The van der Waals surface area contributed by atoms with E-state index in [0.29, 0.717) is 15.6 Å². The van der Waals surface area contributed by atoms with Gasteiger partial charge in [0.1, 0.15) is 6.23 Å². The molecule has 1 aromatic heterocycles. The van der Waals surface area contributed by atoms with E-state index in [-0.39, 0.29) is 32.8 Å². The largest absolute Gasteiger partial charge is 0.435 e. The lowest BCUT2D eigenvalue weighted by molar-refractivity contribution is -0.275. The number of oxime groups is 1. The Morgan fingerprint density at radius 2 is 1.78 bits per heavy atom. The summed E-state index contributed by atoms with van der Waals surface area (Å²) in [6, 6.07) is 8.02. The molecular weight excluding hydrogens is 600 g/mol. The predicted octanol–water partition coefficient (Wildman–Crippen LogP) is 6.42. The van der Waals surface area contributed by atoms with E-state index < -0.39 is 30.3 Å². The molecule has 37 heavy (non-hydrogen) atoms. The first kappa shape index (κ1) is 27.3. The molecule has 1 amide bonds. The van der Waals surface area contributed by atoms with Crippen LogP contribution in [0.5, 0.6) is 0 Å². The second-order valence-electron chi connectivity index (χ2n) is 8.33. The van der Waals surface area contributed by atoms with Crippen LogP contribution in [0, 0.1) is 6.92 Å². The SMILES string of the molecule is Cc1cc(C2=NOC(c3cc(Cl)cc(Cl)c3)(C(F)(F)F)C2)ccc1C(=O)N(c1ncc(Br)cn1)C(C)O. The van der Waals surface area contributed by atoms with Crippen molar-refractivity contribution in [3.8, 4) is 0 Å². The maximum absolute atomic E-state index is 14.3. The lowest BCUT2D eigenvalue weighted by Gasteiger charge is -2.29. The van der Waals surface area contributed by atoms with E-state index in [1.807, 2.05) is 0 Å². The van der Waals surface area contributed by atoms with Crippen molar-refractivity contribution in [1.82, 2.24) is 9.97 Å². The maximum atomic E-state index is 14.3. The minimum absolute atomic E-state index is 0.0182. The summed E-state index contributed by atoms with van der Waals surface area (Å²) in [5, 5.41) is 14.0. The van der Waals surface area contributed by atoms with Gasteiger partial charge in [-0.2, -0.15) is 13.2 Å². The Kier molecular flexibility index (Phi) is 7.53. The molecule has 0 aliphatic carbocycles. The molecule has 2 aromatic carbocycles. The van der Waals surface area contributed by atoms with Crippen molar-refractivity contribution in [3.05, 3.63) is 85.6 Å². The van der Waals surface area contributed by atoms with Crippen LogP contribution in [0.25, 0.3) is 0 Å². The first-order chi connectivity index (χ1) is 17.3. The summed E-state index contributed by atoms with van der Waals surface area (Å²) in [5.74, 6) is -0.612. The normalized spacial score (nSPS) is 18.2. The van der Waals surface area contributed by atoms with Crippen molar-refractivity contribution in [2.75, 3.05) is 4.90 Å². The molecule has 0 fully saturated rings. The van der Waals surface area contributed by atoms with Crippen molar-refractivity contribution < 1.29 is 27.9 Å². The zero-order valence-corrected chi connectivity index (χ0v) is 22.3. The fourth-order valence-electron chi connectivity index (χ4n) is 3.92. The highest BCUT2D eigenvalue weighted by Crippen LogP contribution is 2.49. The highest BCUT2D eigenvalue weighted by atomic mass is 79.9. The molecule has 0 saturated carbocycles. The van der Waals surface area contributed by atoms with Gasteiger partial charge in [0, 0.05) is 40.0 Å². The summed E-state index contributed by atoms with van der Waals surface area (Å²) in [7, 11) is 0. The lowest BCUT2D eigenvalue weighted by atomic mass is 9.86. The number of halogens is 6. The standard InChI is InChI=1S/C24H18BrCl2F3N4O3/c1-12-5-14(3-4-19(12)21(36)34(13(2)35)22-31-10-16(25)11-32-22)20-9-23(37-33-20,24(28,29)30)15-6-17(26)8-18(27)7-15/h3-8,10-11,13,35H,9H2,1-2H3. The quantitative estimate of drug-likeness (QED) is 0.334. The Bertz CT molecular complexity index is 1370. The van der Waals surface area contributed by atoms with Crippen molar-refractivity contribution in [3.63, 3.8) is 0 Å². The third-order valence-corrected chi connectivity index (χ3v) is 6.57. The van der Waals surface area contributed by atoms with Gasteiger partial charge in [-0.15, -0.1) is 0 Å². The van der Waals surface area contributed by atoms with E-state index in [9.17, 15) is 23.1 Å². The molecule has 7 nitrogen and oxygen atoms in total. The molecule has 3 aromatic rings. The topological polar surface area (TPSA) is 87.9 Å². The van der Waals surface area contributed by atoms with Gasteiger partial charge in [0.15, 0.2) is 0 Å². The van der Waals surface area contributed by atoms with Crippen LogP contribution in [-0.4, -0.2) is 39.1 Å². The molecule has 0 bridgehead atoms. The van der Waals surface area contributed by atoms with Gasteiger partial charge in [-0.1, -0.05) is 34.4 Å². The first-order valence-corrected chi connectivity index (χ1v) is 12.3. The third-order valence-electron chi connectivity index (χ3n) is 5.72. The van der Waals surface area contributed by atoms with Gasteiger partial charge in [-0.3, -0.25) is 4.79 Å². The smallest absolute Gasteiger partial charge is 0.374 e. The summed E-state index contributed by atoms with van der Waals surface area (Å²) < 4.78 is 43.4. The van der Waals surface area contributed by atoms with Crippen LogP contribution in [0.3, 0.4) is 0 Å². The molecule has 2 unspecified atom stereocenters. The minimum atomic E-state index is -4.83. The number of aryl methyl sites for hydroxylation is 1. The lowest BCUT2D eigenvalue weighted by Crippen LogP contribution is -2.42. The first-order valence-electron chi connectivity index (χ1n) is 10.7. The Balaban J connectivity index is 1.65. The molecule has 0 radical (unpaired) electrons. The number of carbonyl (C=O) groups is 1. The van der Waals surface area contributed by atoms with Crippen molar-refractivity contribution in [2.45, 2.75) is 38.3 Å². The van der Waals surface area contributed by atoms with Crippen LogP contribution in [0.1, 0.15) is 40.4 Å². The Hall–Kier alpha value is -2.73. The van der Waals surface area contributed by atoms with Crippen molar-refractivity contribution in [2.24, 2.45) is 5.16 Å². The number of alkyl halides is 3. The van der Waals surface area contributed by atoms with E-state index >= 15 is 0 Å². The van der Waals surface area contributed by atoms with Gasteiger partial charge in [0.25, 0.3) is 11.5 Å². The summed E-state index contributed by atoms with van der Waals surface area (Å²) in [5.41, 5.74) is -2.07. The Morgan fingerprint density at radius 1 is 1.16 bits per heavy atom. The number of aliphatic hydroxyl groups is 1. The molecule has 0 saturated heterocycles. The molecular formula is C24H18BrCl2F3N4O3. The van der Waals surface area contributed by atoms with E-state index in [1.54, 1.807) is 6.92 Å². The predicted molar refractivity (Wildman–Crippen MR) is 136 cm³/mol. The summed E-state index contributed by atoms with van der Waals surface area (Å²) in [4.78, 5) is 27.4. The van der Waals surface area contributed by atoms with E-state index in [2.05, 4.69) is 31.1 Å². The number of aliphatic hydroxyl groups excluding tert-OH is 1. The molecule has 1 aliphatic heterocycles. The Labute approximate surface area is 228 Å². The van der Waals surface area contributed by atoms with Gasteiger partial charge in [0.05, 0.1) is 10.2 Å². The second-order valence-corrected chi connectivity index (χ2v) is 10.1. The van der Waals surface area contributed by atoms with Gasteiger partial charge >= 0.3 is 6.18 Å². The number of aromatic nitrogens is 2. The molecule has 4 rings (SSSR count). The average Bonchev–Trinajstić information content (AvgIpc) is 3.27. The van der Waals surface area contributed by atoms with Crippen LogP contribution < -0.4 is 4.90 Å². The number of carbonyl (C=O) groups excluding carboxylic acids is 1. The molecule has 2 atom stereocenters. The van der Waals surface area contributed by atoms with Gasteiger partial charge < -0.3 is 9.94 Å². The number of hydrogen-bond donors (Lipinski definition) is 1. The third kappa shape index (κ3) is 5.31. The van der Waals surface area contributed by atoms with Crippen LogP contribution >= 0.6 is 39.1 Å². The summed E-state index contributed by atoms with van der Waals surface area (Å²) >= 11 is 15.1.